The number of Topliss-reactive ketones (excluding diaryl/α,β-unsaturated/α-hetero) is 1. The first-order valence-electron chi connectivity index (χ1n) is 4.90. The zero-order valence-corrected chi connectivity index (χ0v) is 10.1. The number of ketones is 1. The molecule has 0 N–H and O–H groups in total. The molecule has 0 saturated heterocycles. The molecule has 0 aromatic carbocycles. The fraction of sp³-hybridized carbons (Fsp3) is 0.600. The standard InChI is InChI=1S/C10H16N2O2S/c1-4-14-6-5-12(3)10-11-7-9(15-10)8(2)13/h7H,4-6H2,1-3H3. The van der Waals surface area contributed by atoms with Crippen LogP contribution in [0.4, 0.5) is 5.13 Å². The number of rotatable bonds is 6. The molecule has 0 fully saturated rings. The molecule has 1 rings (SSSR count). The van der Waals surface area contributed by atoms with Gasteiger partial charge in [-0.3, -0.25) is 4.79 Å². The monoisotopic (exact) mass is 228 g/mol. The van der Waals surface area contributed by atoms with E-state index in [2.05, 4.69) is 4.98 Å². The van der Waals surface area contributed by atoms with Crippen LogP contribution in [0.2, 0.25) is 0 Å². The summed E-state index contributed by atoms with van der Waals surface area (Å²) in [5, 5.41) is 0.861. The molecular weight excluding hydrogens is 212 g/mol. The molecule has 1 aromatic rings. The minimum Gasteiger partial charge on any atom is -0.380 e. The summed E-state index contributed by atoms with van der Waals surface area (Å²) in [4.78, 5) is 17.9. The van der Waals surface area contributed by atoms with Crippen LogP contribution < -0.4 is 4.90 Å². The van der Waals surface area contributed by atoms with Crippen molar-refractivity contribution < 1.29 is 9.53 Å². The first kappa shape index (κ1) is 12.1. The maximum atomic E-state index is 11.1. The Morgan fingerprint density at radius 1 is 1.67 bits per heavy atom. The number of thiazole rings is 1. The van der Waals surface area contributed by atoms with E-state index in [0.717, 1.165) is 18.3 Å². The van der Waals surface area contributed by atoms with Gasteiger partial charge in [0.05, 0.1) is 17.7 Å². The summed E-state index contributed by atoms with van der Waals surface area (Å²) in [6.45, 7) is 5.72. The van der Waals surface area contributed by atoms with Crippen molar-refractivity contribution in [3.05, 3.63) is 11.1 Å². The fourth-order valence-electron chi connectivity index (χ4n) is 1.05. The highest BCUT2D eigenvalue weighted by Gasteiger charge is 2.09. The van der Waals surface area contributed by atoms with Gasteiger partial charge in [0.1, 0.15) is 0 Å². The van der Waals surface area contributed by atoms with Gasteiger partial charge in [0, 0.05) is 27.1 Å². The van der Waals surface area contributed by atoms with Crippen molar-refractivity contribution in [3.8, 4) is 0 Å². The Labute approximate surface area is 93.9 Å². The summed E-state index contributed by atoms with van der Waals surface area (Å²) in [5.41, 5.74) is 0. The van der Waals surface area contributed by atoms with Crippen LogP contribution in [-0.2, 0) is 4.74 Å². The lowest BCUT2D eigenvalue weighted by Gasteiger charge is -2.14. The van der Waals surface area contributed by atoms with Crippen LogP contribution >= 0.6 is 11.3 Å². The third kappa shape index (κ3) is 3.60. The lowest BCUT2D eigenvalue weighted by Crippen LogP contribution is -2.22. The molecule has 15 heavy (non-hydrogen) atoms. The molecule has 84 valence electrons. The number of nitrogens with zero attached hydrogens (tertiary/aromatic N) is 2. The molecule has 5 heteroatoms. The van der Waals surface area contributed by atoms with Crippen molar-refractivity contribution in [1.82, 2.24) is 4.98 Å². The molecule has 0 aliphatic heterocycles. The maximum absolute atomic E-state index is 11.1. The SMILES string of the molecule is CCOCCN(C)c1ncc(C(C)=O)s1. The van der Waals surface area contributed by atoms with Gasteiger partial charge in [0.2, 0.25) is 0 Å². The zero-order chi connectivity index (χ0) is 11.3. The molecular formula is C10H16N2O2S. The minimum atomic E-state index is 0.0666. The van der Waals surface area contributed by atoms with Crippen molar-refractivity contribution in [3.63, 3.8) is 0 Å². The van der Waals surface area contributed by atoms with Gasteiger partial charge in [0.25, 0.3) is 0 Å². The second-order valence-electron chi connectivity index (χ2n) is 3.18. The van der Waals surface area contributed by atoms with Crippen LogP contribution in [0.15, 0.2) is 6.20 Å². The molecule has 1 heterocycles. The van der Waals surface area contributed by atoms with Gasteiger partial charge in [-0.15, -0.1) is 0 Å². The Kier molecular flexibility index (Phi) is 4.71. The average molecular weight is 228 g/mol. The topological polar surface area (TPSA) is 42.4 Å². The van der Waals surface area contributed by atoms with Crippen molar-refractivity contribution in [2.24, 2.45) is 0 Å². The summed E-state index contributed by atoms with van der Waals surface area (Å²) in [6, 6.07) is 0. The van der Waals surface area contributed by atoms with E-state index in [1.54, 1.807) is 13.1 Å². The summed E-state index contributed by atoms with van der Waals surface area (Å²) in [5.74, 6) is 0.0666. The number of carbonyl (C=O) groups excluding carboxylic acids is 1. The van der Waals surface area contributed by atoms with Crippen molar-refractivity contribution in [2.45, 2.75) is 13.8 Å². The van der Waals surface area contributed by atoms with Gasteiger partial charge in [-0.1, -0.05) is 11.3 Å². The van der Waals surface area contributed by atoms with Gasteiger partial charge < -0.3 is 9.64 Å². The predicted molar refractivity (Wildman–Crippen MR) is 61.9 cm³/mol. The summed E-state index contributed by atoms with van der Waals surface area (Å²) >= 11 is 1.42. The second-order valence-corrected chi connectivity index (χ2v) is 4.19. The summed E-state index contributed by atoms with van der Waals surface area (Å²) in [7, 11) is 1.95. The first-order chi connectivity index (χ1) is 7.15. The van der Waals surface area contributed by atoms with Crippen LogP contribution in [0.3, 0.4) is 0 Å². The van der Waals surface area contributed by atoms with Gasteiger partial charge >= 0.3 is 0 Å². The molecule has 4 nitrogen and oxygen atoms in total. The molecule has 0 radical (unpaired) electrons. The fourth-order valence-corrected chi connectivity index (χ4v) is 1.84. The molecule has 1 aromatic heterocycles. The average Bonchev–Trinajstić information content (AvgIpc) is 2.66. The van der Waals surface area contributed by atoms with Crippen LogP contribution in [-0.4, -0.2) is 37.6 Å². The largest absolute Gasteiger partial charge is 0.380 e. The van der Waals surface area contributed by atoms with Crippen molar-refractivity contribution in [1.29, 1.82) is 0 Å². The van der Waals surface area contributed by atoms with Crippen LogP contribution in [0.25, 0.3) is 0 Å². The number of hydrogen-bond acceptors (Lipinski definition) is 5. The van der Waals surface area contributed by atoms with Crippen LogP contribution in [0, 0.1) is 0 Å². The number of anilines is 1. The molecule has 0 aliphatic carbocycles. The number of likely N-dealkylation sites (N-methyl/N-ethyl adjacent to an activating group) is 1. The predicted octanol–water partition coefficient (Wildman–Crippen LogP) is 1.82. The van der Waals surface area contributed by atoms with E-state index in [-0.39, 0.29) is 5.78 Å². The van der Waals surface area contributed by atoms with Gasteiger partial charge in [-0.2, -0.15) is 0 Å². The minimum absolute atomic E-state index is 0.0666. The molecule has 0 spiro atoms. The number of ether oxygens (including phenoxy) is 1. The lowest BCUT2D eigenvalue weighted by molar-refractivity contribution is 0.102. The molecule has 0 amide bonds. The van der Waals surface area contributed by atoms with Crippen LogP contribution in [0.1, 0.15) is 23.5 Å². The number of aromatic nitrogens is 1. The molecule has 0 atom stereocenters. The second kappa shape index (κ2) is 5.82. The van der Waals surface area contributed by atoms with Gasteiger partial charge in [-0.25, -0.2) is 4.98 Å². The van der Waals surface area contributed by atoms with E-state index in [4.69, 9.17) is 4.74 Å². The van der Waals surface area contributed by atoms with Crippen molar-refractivity contribution >= 4 is 22.3 Å². The number of hydrogen-bond donors (Lipinski definition) is 0. The molecule has 0 aliphatic rings. The highest BCUT2D eigenvalue weighted by molar-refractivity contribution is 7.17. The molecule has 0 saturated carbocycles. The Bertz CT molecular complexity index is 325. The van der Waals surface area contributed by atoms with Gasteiger partial charge in [-0.05, 0) is 6.92 Å². The third-order valence-corrected chi connectivity index (χ3v) is 3.15. The molecule has 0 unspecified atom stereocenters. The smallest absolute Gasteiger partial charge is 0.185 e. The molecule has 0 bridgehead atoms. The quantitative estimate of drug-likeness (QED) is 0.550. The van der Waals surface area contributed by atoms with Crippen molar-refractivity contribution in [2.75, 3.05) is 31.7 Å². The highest BCUT2D eigenvalue weighted by Crippen LogP contribution is 2.21. The van der Waals surface area contributed by atoms with E-state index in [9.17, 15) is 4.79 Å². The first-order valence-corrected chi connectivity index (χ1v) is 5.72. The van der Waals surface area contributed by atoms with Crippen LogP contribution in [0.5, 0.6) is 0 Å². The normalized spacial score (nSPS) is 10.3. The maximum Gasteiger partial charge on any atom is 0.185 e. The van der Waals surface area contributed by atoms with E-state index < -0.39 is 0 Å². The highest BCUT2D eigenvalue weighted by atomic mass is 32.1. The third-order valence-electron chi connectivity index (χ3n) is 1.94. The van der Waals surface area contributed by atoms with E-state index in [1.165, 1.54) is 11.3 Å². The Hall–Kier alpha value is -0.940. The summed E-state index contributed by atoms with van der Waals surface area (Å²) < 4.78 is 5.25. The van der Waals surface area contributed by atoms with E-state index >= 15 is 0 Å². The lowest BCUT2D eigenvalue weighted by atomic mass is 10.4. The van der Waals surface area contributed by atoms with Gasteiger partial charge in [0.15, 0.2) is 10.9 Å². The Morgan fingerprint density at radius 2 is 2.40 bits per heavy atom. The number of carbonyl (C=O) groups is 1. The van der Waals surface area contributed by atoms with E-state index in [0.29, 0.717) is 11.5 Å². The summed E-state index contributed by atoms with van der Waals surface area (Å²) in [6.07, 6.45) is 1.62. The zero-order valence-electron chi connectivity index (χ0n) is 9.32. The Morgan fingerprint density at radius 3 is 2.93 bits per heavy atom. The van der Waals surface area contributed by atoms with E-state index in [1.807, 2.05) is 18.9 Å². The Balaban J connectivity index is 2.50.